The van der Waals surface area contributed by atoms with E-state index >= 15 is 0 Å². The van der Waals surface area contributed by atoms with Crippen LogP contribution in [0.15, 0.2) is 57.0 Å². The molecular formula is C54H99Cl3Si10Ti. The molecular weight excluding hydrogens is 1080 g/mol. The summed E-state index contributed by atoms with van der Waals surface area (Å²) in [6, 6.07) is 17.9. The van der Waals surface area contributed by atoms with Crippen molar-refractivity contribution in [1.29, 1.82) is 0 Å². The van der Waals surface area contributed by atoms with E-state index in [1.54, 1.807) is 67.3 Å². The van der Waals surface area contributed by atoms with Gasteiger partial charge in [-0.3, -0.25) is 0 Å². The fourth-order valence-corrected chi connectivity index (χ4v) is 48.3. The summed E-state index contributed by atoms with van der Waals surface area (Å²) in [5, 5.41) is 21.2. The van der Waals surface area contributed by atoms with E-state index in [0.717, 1.165) is 0 Å². The van der Waals surface area contributed by atoms with Gasteiger partial charge in [0, 0.05) is 0 Å². The first kappa shape index (κ1) is 66.9. The molecule has 68 heavy (non-hydrogen) atoms. The molecule has 0 amide bonds. The van der Waals surface area contributed by atoms with Crippen LogP contribution in [-0.2, 0) is 20.4 Å². The second-order valence-electron chi connectivity index (χ2n) is 30.2. The van der Waals surface area contributed by atoms with Crippen LogP contribution >= 0.6 is 0 Å². The summed E-state index contributed by atoms with van der Waals surface area (Å²) < 4.78 is 1.63. The van der Waals surface area contributed by atoms with Crippen molar-refractivity contribution in [2.24, 2.45) is 0 Å². The Bertz CT molecular complexity index is 2090. The average molecular weight is 1180 g/mol. The molecule has 0 spiro atoms. The molecule has 0 bridgehead atoms. The summed E-state index contributed by atoms with van der Waals surface area (Å²) in [6.07, 6.45) is 0. The molecule has 0 saturated carbocycles. The zero-order valence-electron chi connectivity index (χ0n) is 49.6. The van der Waals surface area contributed by atoms with Crippen molar-refractivity contribution in [2.75, 3.05) is 0 Å². The predicted octanol–water partition coefficient (Wildman–Crippen LogP) is 1.01. The van der Waals surface area contributed by atoms with Gasteiger partial charge in [-0.1, -0.05) is 0 Å². The molecule has 3 aromatic rings. The van der Waals surface area contributed by atoms with Crippen LogP contribution in [0.2, 0.25) is 182 Å². The topological polar surface area (TPSA) is 0 Å². The van der Waals surface area contributed by atoms with Crippen LogP contribution in [0.1, 0.15) is 27.7 Å². The van der Waals surface area contributed by atoms with Crippen molar-refractivity contribution in [3.05, 3.63) is 57.0 Å². The maximum Gasteiger partial charge on any atom is -1.00 e. The Kier molecular flexibility index (Phi) is 20.5. The van der Waals surface area contributed by atoms with Gasteiger partial charge in [-0.2, -0.15) is 0 Å². The minimum absolute atomic E-state index is 0. The summed E-state index contributed by atoms with van der Waals surface area (Å²) in [5.74, 6) is 0. The van der Waals surface area contributed by atoms with Crippen molar-refractivity contribution in [3.8, 4) is 0 Å². The van der Waals surface area contributed by atoms with Gasteiger partial charge in [0.25, 0.3) is 0 Å². The Morgan fingerprint density at radius 1 is 0.309 bits per heavy atom. The van der Waals surface area contributed by atoms with Gasteiger partial charge in [0.15, 0.2) is 0 Å². The zero-order chi connectivity index (χ0) is 51.0. The molecule has 0 fully saturated rings. The molecule has 0 aromatic heterocycles. The molecule has 1 atom stereocenters. The Labute approximate surface area is 462 Å². The third-order valence-corrected chi connectivity index (χ3v) is 42.3. The molecule has 1 aliphatic rings. The van der Waals surface area contributed by atoms with E-state index in [2.05, 4.69) is 261 Å². The van der Waals surface area contributed by atoms with E-state index < -0.39 is 80.7 Å². The van der Waals surface area contributed by atoms with Gasteiger partial charge in [-0.25, -0.2) is 0 Å². The van der Waals surface area contributed by atoms with Gasteiger partial charge < -0.3 is 37.2 Å². The second-order valence-corrected chi connectivity index (χ2v) is 80.5. The van der Waals surface area contributed by atoms with Crippen LogP contribution in [0, 0.1) is 0 Å². The number of hydrogen-bond donors (Lipinski definition) is 0. The average Bonchev–Trinajstić information content (AvgIpc) is 3.22. The summed E-state index contributed by atoms with van der Waals surface area (Å²) in [4.78, 5) is 0. The Balaban J connectivity index is 0.00000771. The van der Waals surface area contributed by atoms with Gasteiger partial charge in [-0.05, 0) is 0 Å². The fourth-order valence-electron chi connectivity index (χ4n) is 11.8. The van der Waals surface area contributed by atoms with E-state index in [0.29, 0.717) is 0 Å². The van der Waals surface area contributed by atoms with E-state index in [1.165, 1.54) is 0 Å². The fraction of sp³-hybridized carbons (Fsp3) is 0.593. The predicted molar refractivity (Wildman–Crippen MR) is 330 cm³/mol. The van der Waals surface area contributed by atoms with Crippen LogP contribution in [0.5, 0.6) is 0 Å². The molecule has 0 radical (unpaired) electrons. The summed E-state index contributed by atoms with van der Waals surface area (Å²) in [6.45, 7) is 82.6. The minimum Gasteiger partial charge on any atom is -1.00 e. The standard InChI is InChI=1S/C54H99Si10.3ClH.Ti/c1-39-38-54(4,41(3)40(39)2)64(42-32-45(55(5,6)7)51(61(23,24)25)46(33-42)56(8,9)10,43-34-47(57(11,12)13)52(62(26,27)28)48(35-43)58(14,15)16)44-36-49(59(17,18)19)53(63(29,30)31)50(37-44)60(20,21)22;;;;/h32-37H,1-31H3;3*1H;/q;;;;+3/p-3. The Morgan fingerprint density at radius 2 is 0.485 bits per heavy atom. The molecule has 380 valence electrons. The van der Waals surface area contributed by atoms with E-state index in [4.69, 9.17) is 0 Å². The third-order valence-electron chi connectivity index (χ3n) is 15.3. The van der Waals surface area contributed by atoms with E-state index in [1.807, 2.05) is 15.6 Å². The van der Waals surface area contributed by atoms with Crippen molar-refractivity contribution >= 4 is 143 Å². The number of rotatable bonds is 13. The molecule has 1 aliphatic carbocycles. The number of halogens is 3. The Hall–Kier alpha value is 0.893. The van der Waals surface area contributed by atoms with Crippen LogP contribution in [-0.4, -0.2) is 80.7 Å². The molecule has 0 N–H and O–H groups in total. The SMILES string of the molecule is CC1=C(C)C(C)([Si](c2cc([Si](C)(C)C)c([Si](C)(C)C)c([Si](C)(C)C)c2)(c2cc([Si](C)(C)C)c([Si](C)(C)C)c([Si](C)(C)C)c2)c2cc([Si](C)(C)C)c([Si](C)(C)C)c([Si](C)(C)C)c2)[C]([Ti+3])=C1C.[Cl-].[Cl-].[Cl-]. The van der Waals surface area contributed by atoms with Crippen molar-refractivity contribution in [1.82, 2.24) is 0 Å². The van der Waals surface area contributed by atoms with Crippen LogP contribution in [0.25, 0.3) is 0 Å². The van der Waals surface area contributed by atoms with Crippen molar-refractivity contribution in [3.63, 3.8) is 0 Å². The smallest absolute Gasteiger partial charge is 1.00 e. The number of allylic oxidation sites excluding steroid dienone is 4. The van der Waals surface area contributed by atoms with Gasteiger partial charge in [-0.15, -0.1) is 0 Å². The molecule has 0 aliphatic heterocycles. The maximum atomic E-state index is 2.98. The molecule has 3 aromatic carbocycles. The van der Waals surface area contributed by atoms with Crippen molar-refractivity contribution < 1.29 is 57.7 Å². The number of hydrogen-bond acceptors (Lipinski definition) is 0. The van der Waals surface area contributed by atoms with Gasteiger partial charge in [0.1, 0.15) is 0 Å². The number of benzene rings is 3. The third kappa shape index (κ3) is 12.3. The van der Waals surface area contributed by atoms with Crippen LogP contribution < -0.4 is 99.5 Å². The molecule has 1 unspecified atom stereocenters. The largest absolute Gasteiger partial charge is 1.00 e. The summed E-state index contributed by atoms with van der Waals surface area (Å²) in [7, 11) is -19.7. The van der Waals surface area contributed by atoms with Crippen LogP contribution in [0.4, 0.5) is 0 Å². The summed E-state index contributed by atoms with van der Waals surface area (Å²) in [5.41, 5.74) is 4.72. The first-order chi connectivity index (χ1) is 28.5. The van der Waals surface area contributed by atoms with E-state index in [9.17, 15) is 0 Å². The monoisotopic (exact) mass is 1180 g/mol. The minimum atomic E-state index is -3.17. The maximum absolute atomic E-state index is 3.17. The van der Waals surface area contributed by atoms with Gasteiger partial charge in [0.2, 0.25) is 0 Å². The summed E-state index contributed by atoms with van der Waals surface area (Å²) >= 11 is 2.59. The van der Waals surface area contributed by atoms with E-state index in [-0.39, 0.29) is 42.3 Å². The Morgan fingerprint density at radius 3 is 0.603 bits per heavy atom. The molecule has 14 heteroatoms. The molecule has 0 nitrogen and oxygen atoms in total. The molecule has 4 rings (SSSR count). The first-order valence-corrected chi connectivity index (χ1v) is 59.5. The quantitative estimate of drug-likeness (QED) is 0.178. The zero-order valence-corrected chi connectivity index (χ0v) is 63.4. The second kappa shape index (κ2) is 20.8. The first-order valence-electron chi connectivity index (χ1n) is 25.2. The van der Waals surface area contributed by atoms with Crippen LogP contribution in [0.3, 0.4) is 0 Å². The van der Waals surface area contributed by atoms with Crippen molar-refractivity contribution in [2.45, 2.75) is 210 Å². The van der Waals surface area contributed by atoms with Gasteiger partial charge >= 0.3 is 430 Å². The van der Waals surface area contributed by atoms with Gasteiger partial charge in [0.05, 0.1) is 0 Å². The molecule has 0 saturated heterocycles. The normalized spacial score (nSPS) is 17.3. The molecule has 0 heterocycles.